The van der Waals surface area contributed by atoms with Gasteiger partial charge in [-0.15, -0.1) is 0 Å². The SMILES string of the molecule is Brc1ccc(-c2cc3c(oc4cccc5c4c3c3cccc4oc6c7ccccc7c(-c7ccc(Br)cc7)cc6c5c43)c3ccccc23)cc1. The molecule has 0 saturated heterocycles. The van der Waals surface area contributed by atoms with Crippen molar-refractivity contribution in [2.24, 2.45) is 0 Å². The smallest absolute Gasteiger partial charge is 0.143 e. The van der Waals surface area contributed by atoms with Crippen molar-refractivity contribution in [3.63, 3.8) is 0 Å². The lowest BCUT2D eigenvalue weighted by atomic mass is 9.87. The van der Waals surface area contributed by atoms with E-state index in [-0.39, 0.29) is 0 Å². The zero-order chi connectivity index (χ0) is 33.1. The second kappa shape index (κ2) is 10.5. The number of hydrogen-bond acceptors (Lipinski definition) is 2. The maximum absolute atomic E-state index is 6.99. The van der Waals surface area contributed by atoms with Crippen LogP contribution in [0.15, 0.2) is 163 Å². The van der Waals surface area contributed by atoms with Gasteiger partial charge in [0.2, 0.25) is 0 Å². The third-order valence-electron chi connectivity index (χ3n) is 10.4. The molecule has 11 rings (SSSR count). The van der Waals surface area contributed by atoms with E-state index in [1.807, 2.05) is 0 Å². The molecule has 0 spiro atoms. The predicted octanol–water partition coefficient (Wildman–Crippen LogP) is 15.0. The third-order valence-corrected chi connectivity index (χ3v) is 11.4. The van der Waals surface area contributed by atoms with E-state index in [9.17, 15) is 0 Å². The Balaban J connectivity index is 1.38. The van der Waals surface area contributed by atoms with Gasteiger partial charge in [-0.2, -0.15) is 0 Å². The van der Waals surface area contributed by atoms with Crippen molar-refractivity contribution in [1.82, 2.24) is 0 Å². The highest BCUT2D eigenvalue weighted by Gasteiger charge is 2.23. The van der Waals surface area contributed by atoms with Crippen LogP contribution in [0.2, 0.25) is 0 Å². The second-order valence-corrected chi connectivity index (χ2v) is 14.8. The minimum atomic E-state index is 0.872. The van der Waals surface area contributed by atoms with Gasteiger partial charge >= 0.3 is 0 Å². The molecule has 11 aromatic rings. The number of hydrogen-bond donors (Lipinski definition) is 0. The number of rotatable bonds is 2. The molecule has 0 fully saturated rings. The molecule has 9 aromatic carbocycles. The summed E-state index contributed by atoms with van der Waals surface area (Å²) in [5, 5.41) is 13.6. The zero-order valence-electron chi connectivity index (χ0n) is 26.4. The summed E-state index contributed by atoms with van der Waals surface area (Å²) in [6.07, 6.45) is 0. The molecular weight excluding hydrogens is 744 g/mol. The van der Waals surface area contributed by atoms with Crippen molar-refractivity contribution >= 4 is 119 Å². The molecule has 0 N–H and O–H groups in total. The first-order valence-corrected chi connectivity index (χ1v) is 18.2. The van der Waals surface area contributed by atoms with Crippen LogP contribution in [0.5, 0.6) is 0 Å². The molecule has 0 unspecified atom stereocenters. The molecule has 4 heteroatoms. The molecular formula is C46H24Br2O2. The molecule has 2 nitrogen and oxygen atoms in total. The quantitative estimate of drug-likeness (QED) is 0.129. The summed E-state index contributed by atoms with van der Waals surface area (Å²) in [6.45, 7) is 0. The molecule has 0 bridgehead atoms. The molecule has 0 aliphatic carbocycles. The highest BCUT2D eigenvalue weighted by Crippen LogP contribution is 2.49. The Morgan fingerprint density at radius 2 is 0.700 bits per heavy atom. The minimum Gasteiger partial charge on any atom is -0.455 e. The first kappa shape index (κ1) is 28.4. The fraction of sp³-hybridized carbons (Fsp3) is 0. The molecule has 0 aliphatic heterocycles. The fourth-order valence-electron chi connectivity index (χ4n) is 8.24. The lowest BCUT2D eigenvalue weighted by Crippen LogP contribution is -1.93. The van der Waals surface area contributed by atoms with E-state index in [2.05, 4.69) is 177 Å². The van der Waals surface area contributed by atoms with Crippen molar-refractivity contribution in [2.45, 2.75) is 0 Å². The molecule has 2 heterocycles. The van der Waals surface area contributed by atoms with Crippen molar-refractivity contribution < 1.29 is 8.83 Å². The van der Waals surface area contributed by atoms with Crippen molar-refractivity contribution in [2.75, 3.05) is 0 Å². The highest BCUT2D eigenvalue weighted by molar-refractivity contribution is 9.10. The van der Waals surface area contributed by atoms with Crippen molar-refractivity contribution in [1.29, 1.82) is 0 Å². The fourth-order valence-corrected chi connectivity index (χ4v) is 8.77. The Kier molecular flexibility index (Phi) is 5.99. The Bertz CT molecular complexity index is 2980. The van der Waals surface area contributed by atoms with Crippen LogP contribution in [0.4, 0.5) is 0 Å². The van der Waals surface area contributed by atoms with Gasteiger partial charge in [0, 0.05) is 52.0 Å². The molecule has 50 heavy (non-hydrogen) atoms. The van der Waals surface area contributed by atoms with Gasteiger partial charge in [-0.1, -0.05) is 129 Å². The molecule has 2 aromatic heterocycles. The lowest BCUT2D eigenvalue weighted by molar-refractivity contribution is 0.665. The summed E-state index contributed by atoms with van der Waals surface area (Å²) in [5.74, 6) is 0. The van der Waals surface area contributed by atoms with Crippen LogP contribution < -0.4 is 0 Å². The van der Waals surface area contributed by atoms with Gasteiger partial charge in [-0.25, -0.2) is 0 Å². The van der Waals surface area contributed by atoms with E-state index >= 15 is 0 Å². The van der Waals surface area contributed by atoms with Crippen molar-refractivity contribution in [3.8, 4) is 22.3 Å². The largest absolute Gasteiger partial charge is 0.455 e. The van der Waals surface area contributed by atoms with Crippen LogP contribution in [-0.4, -0.2) is 0 Å². The Labute approximate surface area is 302 Å². The van der Waals surface area contributed by atoms with E-state index in [4.69, 9.17) is 8.83 Å². The lowest BCUT2D eigenvalue weighted by Gasteiger charge is -2.19. The number of benzene rings is 9. The Hall–Kier alpha value is -5.42. The normalized spacial score (nSPS) is 12.2. The van der Waals surface area contributed by atoms with Crippen LogP contribution >= 0.6 is 31.9 Å². The molecule has 0 radical (unpaired) electrons. The molecule has 0 atom stereocenters. The maximum Gasteiger partial charge on any atom is 0.143 e. The van der Waals surface area contributed by atoms with E-state index in [1.54, 1.807) is 0 Å². The van der Waals surface area contributed by atoms with Crippen molar-refractivity contribution in [3.05, 3.63) is 155 Å². The molecule has 0 saturated carbocycles. The van der Waals surface area contributed by atoms with E-state index in [0.29, 0.717) is 0 Å². The summed E-state index contributed by atoms with van der Waals surface area (Å²) in [5.41, 5.74) is 8.20. The highest BCUT2D eigenvalue weighted by atomic mass is 79.9. The summed E-state index contributed by atoms with van der Waals surface area (Å²) in [4.78, 5) is 0. The summed E-state index contributed by atoms with van der Waals surface area (Å²) < 4.78 is 16.1. The van der Waals surface area contributed by atoms with Gasteiger partial charge < -0.3 is 8.83 Å². The average Bonchev–Trinajstić information content (AvgIpc) is 3.16. The monoisotopic (exact) mass is 766 g/mol. The first-order chi connectivity index (χ1) is 24.6. The topological polar surface area (TPSA) is 26.3 Å². The summed E-state index contributed by atoms with van der Waals surface area (Å²) in [6, 6.07) is 52.0. The molecule has 0 aliphatic rings. The van der Waals surface area contributed by atoms with Crippen LogP contribution in [-0.2, 0) is 0 Å². The van der Waals surface area contributed by atoms with Crippen LogP contribution in [0.3, 0.4) is 0 Å². The average molecular weight is 769 g/mol. The van der Waals surface area contributed by atoms with E-state index in [1.165, 1.54) is 21.9 Å². The van der Waals surface area contributed by atoms with Gasteiger partial charge in [0.25, 0.3) is 0 Å². The van der Waals surface area contributed by atoms with Gasteiger partial charge in [0.05, 0.1) is 0 Å². The third kappa shape index (κ3) is 3.95. The van der Waals surface area contributed by atoms with Gasteiger partial charge in [0.1, 0.15) is 22.3 Å². The first-order valence-electron chi connectivity index (χ1n) is 16.6. The van der Waals surface area contributed by atoms with Crippen LogP contribution in [0, 0.1) is 0 Å². The summed E-state index contributed by atoms with van der Waals surface area (Å²) in [7, 11) is 0. The Morgan fingerprint density at radius 3 is 1.12 bits per heavy atom. The predicted molar refractivity (Wildman–Crippen MR) is 217 cm³/mol. The molecule has 0 amide bonds. The maximum atomic E-state index is 6.99. The number of halogens is 2. The number of fused-ring (bicyclic) bond motifs is 10. The molecule has 234 valence electrons. The van der Waals surface area contributed by atoms with E-state index in [0.717, 1.165) is 96.3 Å². The van der Waals surface area contributed by atoms with Gasteiger partial charge in [-0.3, -0.25) is 0 Å². The Morgan fingerprint density at radius 1 is 0.320 bits per heavy atom. The van der Waals surface area contributed by atoms with Crippen LogP contribution in [0.25, 0.3) is 109 Å². The summed E-state index contributed by atoms with van der Waals surface area (Å²) >= 11 is 7.26. The minimum absolute atomic E-state index is 0.872. The van der Waals surface area contributed by atoms with Gasteiger partial charge in [-0.05, 0) is 92.3 Å². The zero-order valence-corrected chi connectivity index (χ0v) is 29.6. The van der Waals surface area contributed by atoms with Gasteiger partial charge in [0.15, 0.2) is 0 Å². The standard InChI is InChI=1S/C46H24Br2O2/c47-27-19-15-25(16-20-27)35-23-37-41-33-11-6-14-40-44(33)42(34-12-5-13-39(43(34)41)49-45(37)31-9-3-1-7-29(31)35)38-24-36(26-17-21-28(48)22-18-26)30-8-2-4-10-32(30)46(38)50-40/h1-24H. The van der Waals surface area contributed by atoms with E-state index < -0.39 is 0 Å². The second-order valence-electron chi connectivity index (χ2n) is 13.0. The van der Waals surface area contributed by atoms with Crippen LogP contribution in [0.1, 0.15) is 0 Å².